The zero-order valence-corrected chi connectivity index (χ0v) is 21.4. The number of hydrogen-bond acceptors (Lipinski definition) is 11. The fourth-order valence-electron chi connectivity index (χ4n) is 4.19. The SMILES string of the molecule is Nc1cnn([C@@H]2O[C@@H](COC(=O)c3ccccc3)[C@@H](OC(=O)c3ccccc3)[C@@H]2OC(=O)c2ccccc2)c(=O)n1. The molecule has 1 aliphatic heterocycles. The number of nitrogens with two attached hydrogens (primary N) is 1. The van der Waals surface area contributed by atoms with Crippen LogP contribution in [-0.4, -0.2) is 57.6 Å². The topological polar surface area (TPSA) is 162 Å². The lowest BCUT2D eigenvalue weighted by Crippen LogP contribution is -2.43. The molecule has 0 bridgehead atoms. The van der Waals surface area contributed by atoms with E-state index in [0.717, 1.165) is 10.9 Å². The predicted molar refractivity (Wildman–Crippen MR) is 143 cm³/mol. The summed E-state index contributed by atoms with van der Waals surface area (Å²) < 4.78 is 23.9. The molecule has 2 N–H and O–H groups in total. The van der Waals surface area contributed by atoms with E-state index in [2.05, 4.69) is 10.1 Å². The average molecular weight is 557 g/mol. The Bertz CT molecular complexity index is 1580. The van der Waals surface area contributed by atoms with Gasteiger partial charge in [-0.15, -0.1) is 0 Å². The monoisotopic (exact) mass is 556 g/mol. The van der Waals surface area contributed by atoms with Gasteiger partial charge in [0.1, 0.15) is 18.5 Å². The second-order valence-corrected chi connectivity index (χ2v) is 8.91. The van der Waals surface area contributed by atoms with Gasteiger partial charge in [-0.2, -0.15) is 14.8 Å². The van der Waals surface area contributed by atoms with Crippen LogP contribution in [0, 0.1) is 0 Å². The highest BCUT2D eigenvalue weighted by molar-refractivity contribution is 5.91. The first kappa shape index (κ1) is 27.2. The molecule has 4 atom stereocenters. The van der Waals surface area contributed by atoms with Crippen LogP contribution in [0.4, 0.5) is 5.82 Å². The fraction of sp³-hybridized carbons (Fsp3) is 0.172. The summed E-state index contributed by atoms with van der Waals surface area (Å²) in [5.41, 5.74) is 5.41. The number of rotatable bonds is 8. The number of anilines is 1. The van der Waals surface area contributed by atoms with E-state index in [-0.39, 0.29) is 22.5 Å². The van der Waals surface area contributed by atoms with Gasteiger partial charge < -0.3 is 24.7 Å². The van der Waals surface area contributed by atoms with Crippen molar-refractivity contribution in [2.45, 2.75) is 24.5 Å². The molecule has 4 aromatic rings. The van der Waals surface area contributed by atoms with Crippen molar-refractivity contribution >= 4 is 23.7 Å². The first-order chi connectivity index (χ1) is 19.9. The van der Waals surface area contributed by atoms with Gasteiger partial charge in [0.2, 0.25) is 0 Å². The summed E-state index contributed by atoms with van der Waals surface area (Å²) in [7, 11) is 0. The Kier molecular flexibility index (Phi) is 8.11. The third-order valence-corrected chi connectivity index (χ3v) is 6.16. The second kappa shape index (κ2) is 12.2. The molecule has 5 rings (SSSR count). The van der Waals surface area contributed by atoms with Gasteiger partial charge in [-0.05, 0) is 36.4 Å². The van der Waals surface area contributed by atoms with E-state index in [1.54, 1.807) is 78.9 Å². The zero-order chi connectivity index (χ0) is 28.8. The number of ether oxygens (including phenoxy) is 4. The summed E-state index contributed by atoms with van der Waals surface area (Å²) in [4.78, 5) is 55.3. The van der Waals surface area contributed by atoms with Crippen LogP contribution in [0.5, 0.6) is 0 Å². The van der Waals surface area contributed by atoms with Gasteiger partial charge in [0.15, 0.2) is 18.4 Å². The van der Waals surface area contributed by atoms with E-state index in [1.165, 1.54) is 12.1 Å². The quantitative estimate of drug-likeness (QED) is 0.251. The molecule has 1 fully saturated rings. The Labute approximate surface area is 233 Å². The van der Waals surface area contributed by atoms with Crippen LogP contribution in [0.2, 0.25) is 0 Å². The number of carbonyl (C=O) groups excluding carboxylic acids is 3. The summed E-state index contributed by atoms with van der Waals surface area (Å²) in [6.45, 7) is -0.409. The van der Waals surface area contributed by atoms with Gasteiger partial charge >= 0.3 is 23.6 Å². The van der Waals surface area contributed by atoms with Crippen molar-refractivity contribution in [2.24, 2.45) is 0 Å². The minimum atomic E-state index is -1.41. The lowest BCUT2D eigenvalue weighted by atomic mass is 10.1. The van der Waals surface area contributed by atoms with E-state index < -0.39 is 54.7 Å². The highest BCUT2D eigenvalue weighted by Gasteiger charge is 2.52. The number of nitrogen functional groups attached to an aromatic ring is 1. The lowest BCUT2D eigenvalue weighted by Gasteiger charge is -2.24. The van der Waals surface area contributed by atoms with Crippen LogP contribution in [-0.2, 0) is 18.9 Å². The Morgan fingerprint density at radius 3 is 1.76 bits per heavy atom. The number of benzene rings is 3. The van der Waals surface area contributed by atoms with E-state index in [4.69, 9.17) is 24.7 Å². The summed E-state index contributed by atoms with van der Waals surface area (Å²) in [5, 5.41) is 3.99. The van der Waals surface area contributed by atoms with Crippen molar-refractivity contribution in [2.75, 3.05) is 12.3 Å². The molecule has 1 aliphatic rings. The van der Waals surface area contributed by atoms with Gasteiger partial charge in [-0.1, -0.05) is 54.6 Å². The Morgan fingerprint density at radius 1 is 0.756 bits per heavy atom. The number of esters is 3. The first-order valence-corrected chi connectivity index (χ1v) is 12.5. The molecule has 0 aliphatic carbocycles. The highest BCUT2D eigenvalue weighted by atomic mass is 16.7. The normalized spacial score (nSPS) is 19.7. The van der Waals surface area contributed by atoms with E-state index in [1.807, 2.05) is 0 Å². The summed E-state index contributed by atoms with van der Waals surface area (Å²) in [6, 6.07) is 24.4. The zero-order valence-electron chi connectivity index (χ0n) is 21.4. The molecule has 12 heteroatoms. The molecule has 208 valence electrons. The summed E-state index contributed by atoms with van der Waals surface area (Å²) in [6.07, 6.45) is -4.17. The largest absolute Gasteiger partial charge is 0.459 e. The van der Waals surface area contributed by atoms with Crippen LogP contribution in [0.15, 0.2) is 102 Å². The van der Waals surface area contributed by atoms with Crippen LogP contribution in [0.25, 0.3) is 0 Å². The molecule has 0 radical (unpaired) electrons. The van der Waals surface area contributed by atoms with Crippen LogP contribution < -0.4 is 11.4 Å². The van der Waals surface area contributed by atoms with E-state index >= 15 is 0 Å². The smallest absolute Gasteiger partial charge is 0.368 e. The number of aromatic nitrogens is 3. The molecule has 12 nitrogen and oxygen atoms in total. The number of hydrogen-bond donors (Lipinski definition) is 1. The third kappa shape index (κ3) is 6.28. The maximum atomic E-state index is 13.1. The first-order valence-electron chi connectivity index (χ1n) is 12.5. The number of nitrogens with zero attached hydrogens (tertiary/aromatic N) is 3. The van der Waals surface area contributed by atoms with Crippen molar-refractivity contribution in [1.29, 1.82) is 0 Å². The van der Waals surface area contributed by atoms with Gasteiger partial charge in [0.25, 0.3) is 0 Å². The van der Waals surface area contributed by atoms with Crippen molar-refractivity contribution in [1.82, 2.24) is 14.8 Å². The lowest BCUT2D eigenvalue weighted by molar-refractivity contribution is -0.0698. The standard InChI is InChI=1S/C29H24N4O8/c30-22-16-31-33(29(37)32-22)25-24(41-28(36)20-14-8-3-9-15-20)23(40-27(35)19-12-6-2-7-13-19)21(39-25)17-38-26(34)18-10-4-1-5-11-18/h1-16,21,23-25H,17H2,(H2,30,32,37)/t21-,23+,24-,25+/m0/s1. The van der Waals surface area contributed by atoms with Crippen molar-refractivity contribution in [3.05, 3.63) is 124 Å². The summed E-state index contributed by atoms with van der Waals surface area (Å²) in [5.74, 6) is -2.32. The third-order valence-electron chi connectivity index (χ3n) is 6.16. The molecular formula is C29H24N4O8. The van der Waals surface area contributed by atoms with Crippen LogP contribution in [0.1, 0.15) is 37.3 Å². The molecule has 41 heavy (non-hydrogen) atoms. The Morgan fingerprint density at radius 2 is 1.24 bits per heavy atom. The molecule has 0 amide bonds. The van der Waals surface area contributed by atoms with Crippen LogP contribution in [0.3, 0.4) is 0 Å². The molecular weight excluding hydrogens is 532 g/mol. The molecule has 0 unspecified atom stereocenters. The molecule has 0 saturated carbocycles. The van der Waals surface area contributed by atoms with Crippen molar-refractivity contribution in [3.63, 3.8) is 0 Å². The maximum absolute atomic E-state index is 13.1. The van der Waals surface area contributed by atoms with Gasteiger partial charge in [0.05, 0.1) is 22.9 Å². The van der Waals surface area contributed by atoms with E-state index in [0.29, 0.717) is 0 Å². The number of carbonyl (C=O) groups is 3. The Balaban J connectivity index is 1.49. The molecule has 1 aromatic heterocycles. The second-order valence-electron chi connectivity index (χ2n) is 8.91. The highest BCUT2D eigenvalue weighted by Crippen LogP contribution is 2.34. The minimum absolute atomic E-state index is 0.137. The van der Waals surface area contributed by atoms with Crippen LogP contribution >= 0.6 is 0 Å². The molecule has 1 saturated heterocycles. The fourth-order valence-corrected chi connectivity index (χ4v) is 4.19. The Hall–Kier alpha value is -5.36. The molecule has 2 heterocycles. The van der Waals surface area contributed by atoms with E-state index in [9.17, 15) is 19.2 Å². The maximum Gasteiger partial charge on any atom is 0.368 e. The molecule has 3 aromatic carbocycles. The molecule has 0 spiro atoms. The minimum Gasteiger partial charge on any atom is -0.459 e. The summed E-state index contributed by atoms with van der Waals surface area (Å²) >= 11 is 0. The van der Waals surface area contributed by atoms with Crippen molar-refractivity contribution in [3.8, 4) is 0 Å². The predicted octanol–water partition coefficient (Wildman–Crippen LogP) is 2.43. The van der Waals surface area contributed by atoms with Gasteiger partial charge in [-0.25, -0.2) is 19.2 Å². The van der Waals surface area contributed by atoms with Crippen molar-refractivity contribution < 1.29 is 33.3 Å². The average Bonchev–Trinajstić information content (AvgIpc) is 3.33. The van der Waals surface area contributed by atoms with Gasteiger partial charge in [-0.3, -0.25) is 0 Å². The van der Waals surface area contributed by atoms with Gasteiger partial charge in [0, 0.05) is 0 Å².